The molecule has 0 nitrogen and oxygen atoms in total. The van der Waals surface area contributed by atoms with Crippen molar-refractivity contribution in [2.45, 2.75) is 51.2 Å². The summed E-state index contributed by atoms with van der Waals surface area (Å²) < 4.78 is 0. The first kappa shape index (κ1) is 9.44. The van der Waals surface area contributed by atoms with Gasteiger partial charge in [0.25, 0.3) is 0 Å². The normalized spacial score (nSPS) is 35.2. The highest BCUT2D eigenvalue weighted by atomic mass is 32.1. The fourth-order valence-corrected chi connectivity index (χ4v) is 2.77. The topological polar surface area (TPSA) is 0 Å². The zero-order valence-corrected chi connectivity index (χ0v) is 8.61. The summed E-state index contributed by atoms with van der Waals surface area (Å²) >= 11 is 4.55. The number of thiol groups is 1. The van der Waals surface area contributed by atoms with E-state index in [2.05, 4.69) is 26.5 Å². The summed E-state index contributed by atoms with van der Waals surface area (Å²) in [6.45, 7) is 4.57. The Morgan fingerprint density at radius 1 is 1.36 bits per heavy atom. The van der Waals surface area contributed by atoms with Gasteiger partial charge < -0.3 is 0 Å². The van der Waals surface area contributed by atoms with Gasteiger partial charge in [-0.1, -0.05) is 39.5 Å². The Hall–Kier alpha value is 0.350. The molecule has 0 bridgehead atoms. The van der Waals surface area contributed by atoms with Crippen LogP contribution in [0.15, 0.2) is 0 Å². The second kappa shape index (κ2) is 4.39. The van der Waals surface area contributed by atoms with Crippen LogP contribution in [0.4, 0.5) is 0 Å². The Labute approximate surface area is 76.2 Å². The van der Waals surface area contributed by atoms with Gasteiger partial charge in [0.2, 0.25) is 0 Å². The quantitative estimate of drug-likeness (QED) is 0.605. The summed E-state index contributed by atoms with van der Waals surface area (Å²) in [5, 5.41) is 0.611. The van der Waals surface area contributed by atoms with Crippen molar-refractivity contribution in [3.63, 3.8) is 0 Å². The molecule has 1 fully saturated rings. The van der Waals surface area contributed by atoms with Crippen LogP contribution in [0.5, 0.6) is 0 Å². The number of hydrogen-bond acceptors (Lipinski definition) is 1. The summed E-state index contributed by atoms with van der Waals surface area (Å²) in [5.41, 5.74) is 0. The fraction of sp³-hybridized carbons (Fsp3) is 1.00. The van der Waals surface area contributed by atoms with E-state index in [1.807, 2.05) is 0 Å². The van der Waals surface area contributed by atoms with Crippen molar-refractivity contribution < 1.29 is 0 Å². The molecule has 0 radical (unpaired) electrons. The minimum Gasteiger partial charge on any atom is -0.176 e. The number of rotatable bonds is 2. The maximum absolute atomic E-state index is 4.55. The van der Waals surface area contributed by atoms with E-state index in [1.165, 1.54) is 32.1 Å². The third-order valence-electron chi connectivity index (χ3n) is 3.11. The molecule has 1 saturated carbocycles. The lowest BCUT2D eigenvalue weighted by Crippen LogP contribution is -2.25. The zero-order chi connectivity index (χ0) is 8.27. The zero-order valence-electron chi connectivity index (χ0n) is 7.71. The minimum absolute atomic E-state index is 0.611. The largest absolute Gasteiger partial charge is 0.176 e. The molecular weight excluding hydrogens is 152 g/mol. The molecule has 0 spiro atoms. The average molecular weight is 172 g/mol. The molecule has 0 aromatic rings. The third kappa shape index (κ3) is 2.40. The highest BCUT2D eigenvalue weighted by molar-refractivity contribution is 7.80. The van der Waals surface area contributed by atoms with Gasteiger partial charge in [0, 0.05) is 5.25 Å². The standard InChI is InChI=1S/C10H20S/c1-3-9-6-4-5-7-10(9)8(2)11/h8-11H,3-7H2,1-2H3. The van der Waals surface area contributed by atoms with Crippen LogP contribution in [-0.4, -0.2) is 5.25 Å². The average Bonchev–Trinajstić information content (AvgIpc) is 2.04. The lowest BCUT2D eigenvalue weighted by molar-refractivity contribution is 0.230. The van der Waals surface area contributed by atoms with Crippen molar-refractivity contribution in [1.29, 1.82) is 0 Å². The summed E-state index contributed by atoms with van der Waals surface area (Å²) in [6.07, 6.45) is 7.12. The first-order valence-electron chi connectivity index (χ1n) is 4.93. The Kier molecular flexibility index (Phi) is 3.77. The monoisotopic (exact) mass is 172 g/mol. The van der Waals surface area contributed by atoms with Crippen LogP contribution >= 0.6 is 12.6 Å². The van der Waals surface area contributed by atoms with Gasteiger partial charge in [0.1, 0.15) is 0 Å². The van der Waals surface area contributed by atoms with Crippen LogP contribution in [0.3, 0.4) is 0 Å². The van der Waals surface area contributed by atoms with Crippen molar-refractivity contribution in [3.8, 4) is 0 Å². The molecule has 11 heavy (non-hydrogen) atoms. The molecule has 1 rings (SSSR count). The molecule has 66 valence electrons. The fourth-order valence-electron chi connectivity index (χ4n) is 2.38. The van der Waals surface area contributed by atoms with Crippen molar-refractivity contribution in [1.82, 2.24) is 0 Å². The first-order chi connectivity index (χ1) is 5.25. The van der Waals surface area contributed by atoms with Gasteiger partial charge in [0.05, 0.1) is 0 Å². The van der Waals surface area contributed by atoms with E-state index in [-0.39, 0.29) is 0 Å². The van der Waals surface area contributed by atoms with E-state index in [4.69, 9.17) is 0 Å². The van der Waals surface area contributed by atoms with Gasteiger partial charge in [-0.2, -0.15) is 12.6 Å². The molecule has 0 aromatic carbocycles. The maximum Gasteiger partial charge on any atom is 0.00193 e. The van der Waals surface area contributed by atoms with Crippen LogP contribution in [0.25, 0.3) is 0 Å². The Balaban J connectivity index is 2.44. The smallest absolute Gasteiger partial charge is 0.00193 e. The van der Waals surface area contributed by atoms with E-state index >= 15 is 0 Å². The van der Waals surface area contributed by atoms with Crippen LogP contribution < -0.4 is 0 Å². The Morgan fingerprint density at radius 3 is 2.45 bits per heavy atom. The third-order valence-corrected chi connectivity index (χ3v) is 3.49. The molecule has 0 N–H and O–H groups in total. The second-order valence-corrected chi connectivity index (χ2v) is 4.67. The van der Waals surface area contributed by atoms with Gasteiger partial charge in [-0.15, -0.1) is 0 Å². The van der Waals surface area contributed by atoms with Crippen LogP contribution in [0.2, 0.25) is 0 Å². The Bertz CT molecular complexity index is 109. The van der Waals surface area contributed by atoms with Gasteiger partial charge in [0.15, 0.2) is 0 Å². The first-order valence-corrected chi connectivity index (χ1v) is 5.45. The van der Waals surface area contributed by atoms with Gasteiger partial charge >= 0.3 is 0 Å². The lowest BCUT2D eigenvalue weighted by atomic mass is 9.76. The lowest BCUT2D eigenvalue weighted by Gasteiger charge is -2.33. The molecule has 0 saturated heterocycles. The van der Waals surface area contributed by atoms with E-state index in [9.17, 15) is 0 Å². The van der Waals surface area contributed by atoms with Crippen LogP contribution in [-0.2, 0) is 0 Å². The molecule has 1 aliphatic rings. The molecule has 0 aromatic heterocycles. The van der Waals surface area contributed by atoms with Crippen LogP contribution in [0.1, 0.15) is 46.0 Å². The Morgan fingerprint density at radius 2 is 2.00 bits per heavy atom. The summed E-state index contributed by atoms with van der Waals surface area (Å²) in [6, 6.07) is 0. The molecule has 0 amide bonds. The molecular formula is C10H20S. The molecule has 3 atom stereocenters. The van der Waals surface area contributed by atoms with E-state index in [1.54, 1.807) is 0 Å². The predicted molar refractivity (Wildman–Crippen MR) is 54.2 cm³/mol. The van der Waals surface area contributed by atoms with E-state index in [0.717, 1.165) is 11.8 Å². The second-order valence-electron chi connectivity index (χ2n) is 3.86. The van der Waals surface area contributed by atoms with Crippen molar-refractivity contribution in [2.24, 2.45) is 11.8 Å². The summed E-state index contributed by atoms with van der Waals surface area (Å²) in [7, 11) is 0. The van der Waals surface area contributed by atoms with Gasteiger partial charge in [-0.05, 0) is 18.3 Å². The summed E-state index contributed by atoms with van der Waals surface area (Å²) in [4.78, 5) is 0. The molecule has 3 unspecified atom stereocenters. The van der Waals surface area contributed by atoms with Crippen molar-refractivity contribution in [2.75, 3.05) is 0 Å². The predicted octanol–water partition coefficient (Wildman–Crippen LogP) is 3.52. The van der Waals surface area contributed by atoms with Crippen LogP contribution in [0, 0.1) is 11.8 Å². The SMILES string of the molecule is CCC1CCCCC1C(C)S. The van der Waals surface area contributed by atoms with E-state index < -0.39 is 0 Å². The summed E-state index contributed by atoms with van der Waals surface area (Å²) in [5.74, 6) is 1.87. The van der Waals surface area contributed by atoms with Gasteiger partial charge in [-0.3, -0.25) is 0 Å². The molecule has 1 aliphatic carbocycles. The van der Waals surface area contributed by atoms with E-state index in [0.29, 0.717) is 5.25 Å². The van der Waals surface area contributed by atoms with Gasteiger partial charge in [-0.25, -0.2) is 0 Å². The minimum atomic E-state index is 0.611. The molecule has 0 heterocycles. The maximum atomic E-state index is 4.55. The highest BCUT2D eigenvalue weighted by Crippen LogP contribution is 2.35. The van der Waals surface area contributed by atoms with Crippen molar-refractivity contribution in [3.05, 3.63) is 0 Å². The van der Waals surface area contributed by atoms with Crippen molar-refractivity contribution >= 4 is 12.6 Å². The molecule has 1 heteroatoms. The number of hydrogen-bond donors (Lipinski definition) is 1. The molecule has 0 aliphatic heterocycles. The highest BCUT2D eigenvalue weighted by Gasteiger charge is 2.26.